The van der Waals surface area contributed by atoms with Gasteiger partial charge >= 0.3 is 5.97 Å². The van der Waals surface area contributed by atoms with Crippen LogP contribution in [0.3, 0.4) is 0 Å². The normalized spacial score (nSPS) is 14.4. The lowest BCUT2D eigenvalue weighted by Crippen LogP contribution is -2.25. The molecule has 9 heteroatoms. The van der Waals surface area contributed by atoms with Crippen molar-refractivity contribution in [3.8, 4) is 0 Å². The number of nitro groups is 1. The quantitative estimate of drug-likeness (QED) is 0.207. The van der Waals surface area contributed by atoms with Crippen molar-refractivity contribution in [1.29, 1.82) is 0 Å². The summed E-state index contributed by atoms with van der Waals surface area (Å²) in [4.78, 5) is 36.0. The van der Waals surface area contributed by atoms with Gasteiger partial charge in [0.25, 0.3) is 11.6 Å². The second kappa shape index (κ2) is 11.5. The Hall–Kier alpha value is -3.33. The molecule has 0 aromatic heterocycles. The highest BCUT2D eigenvalue weighted by atomic mass is 32.2. The topological polar surface area (TPSA) is 116 Å². The van der Waals surface area contributed by atoms with Crippen molar-refractivity contribution in [2.45, 2.75) is 33.3 Å². The van der Waals surface area contributed by atoms with Crippen molar-refractivity contribution in [2.75, 3.05) is 11.5 Å². The molecule has 0 spiro atoms. The molecule has 0 bridgehead atoms. The van der Waals surface area contributed by atoms with Crippen molar-refractivity contribution >= 4 is 27.3 Å². The second-order valence-electron chi connectivity index (χ2n) is 7.91. The van der Waals surface area contributed by atoms with E-state index in [1.54, 1.807) is 32.1 Å². The maximum atomic E-state index is 13.6. The minimum atomic E-state index is -3.34. The number of hydrogen-bond acceptors (Lipinski definition) is 6. The first-order chi connectivity index (χ1) is 15.5. The number of esters is 1. The summed E-state index contributed by atoms with van der Waals surface area (Å²) >= 11 is 0. The van der Waals surface area contributed by atoms with Crippen LogP contribution in [-0.2, 0) is 19.3 Å². The van der Waals surface area contributed by atoms with Gasteiger partial charge in [-0.05, 0) is 37.8 Å². The van der Waals surface area contributed by atoms with Gasteiger partial charge in [0.15, 0.2) is 0 Å². The monoisotopic (exact) mass is 472 g/mol. The highest BCUT2D eigenvalue weighted by molar-refractivity contribution is 7.94. The van der Waals surface area contributed by atoms with Crippen molar-refractivity contribution < 1.29 is 23.5 Å². The molecule has 3 atom stereocenters. The van der Waals surface area contributed by atoms with Gasteiger partial charge in [-0.2, -0.15) is 4.36 Å². The largest absolute Gasteiger partial charge is 0.457 e. The van der Waals surface area contributed by atoms with E-state index < -0.39 is 38.4 Å². The number of ether oxygens (including phenoxy) is 1. The molecule has 2 aromatic carbocycles. The fourth-order valence-corrected chi connectivity index (χ4v) is 5.40. The third kappa shape index (κ3) is 7.64. The highest BCUT2D eigenvalue weighted by Crippen LogP contribution is 2.21. The van der Waals surface area contributed by atoms with E-state index in [4.69, 9.17) is 4.74 Å². The van der Waals surface area contributed by atoms with E-state index in [2.05, 4.69) is 10.9 Å². The Morgan fingerprint density at radius 1 is 1.21 bits per heavy atom. The molecule has 0 heterocycles. The SMILES string of the molecule is C=CC[C@H](C)C[S@@](=O)(CC(=O)O[C@@H](C)c1ccccc1)=NC(=O)c1ccc(C)c([N+](=O)[O-])c1. The molecule has 0 aliphatic heterocycles. The lowest BCUT2D eigenvalue weighted by atomic mass is 10.1. The Labute approximate surface area is 194 Å². The fourth-order valence-electron chi connectivity index (χ4n) is 3.28. The van der Waals surface area contributed by atoms with E-state index in [9.17, 15) is 23.9 Å². The molecule has 0 saturated heterocycles. The molecule has 1 amide bonds. The molecule has 2 aromatic rings. The molecular weight excluding hydrogens is 444 g/mol. The Kier molecular flexibility index (Phi) is 9.04. The third-order valence-electron chi connectivity index (χ3n) is 4.94. The van der Waals surface area contributed by atoms with Crippen molar-refractivity contribution in [3.05, 3.63) is 88.0 Å². The van der Waals surface area contributed by atoms with Gasteiger partial charge in [-0.15, -0.1) is 6.58 Å². The molecule has 0 saturated carbocycles. The maximum absolute atomic E-state index is 13.6. The molecular formula is C24H28N2O6S. The summed E-state index contributed by atoms with van der Waals surface area (Å²) in [5.41, 5.74) is 0.855. The minimum absolute atomic E-state index is 0.0203. The molecule has 0 N–H and O–H groups in total. The Bertz CT molecular complexity index is 1150. The van der Waals surface area contributed by atoms with Crippen LogP contribution in [0.5, 0.6) is 0 Å². The predicted molar refractivity (Wildman–Crippen MR) is 127 cm³/mol. The molecule has 176 valence electrons. The van der Waals surface area contributed by atoms with Gasteiger partial charge in [0, 0.05) is 22.9 Å². The second-order valence-corrected chi connectivity index (χ2v) is 10.3. The molecule has 0 fully saturated rings. The standard InChI is InChI=1S/C24H28N2O6S/c1-5-9-17(2)15-33(31,16-23(27)32-19(4)20-10-7-6-8-11-20)25-24(28)21-13-12-18(3)22(14-21)26(29)30/h5-8,10-14,17,19H,1,9,15-16H2,2-4H3/t17-,19-,33+/m0/s1. The van der Waals surface area contributed by atoms with Crippen LogP contribution in [0.15, 0.2) is 65.5 Å². The number of aryl methyl sites for hydroxylation is 1. The number of nitrogens with zero attached hydrogens (tertiary/aromatic N) is 2. The molecule has 2 rings (SSSR count). The zero-order chi connectivity index (χ0) is 24.6. The summed E-state index contributed by atoms with van der Waals surface area (Å²) in [5.74, 6) is -2.36. The van der Waals surface area contributed by atoms with Gasteiger partial charge in [-0.25, -0.2) is 4.21 Å². The van der Waals surface area contributed by atoms with Crippen LogP contribution in [0.1, 0.15) is 47.9 Å². The molecule has 0 aliphatic carbocycles. The summed E-state index contributed by atoms with van der Waals surface area (Å²) in [6.45, 7) is 8.72. The first-order valence-electron chi connectivity index (χ1n) is 10.4. The van der Waals surface area contributed by atoms with Gasteiger partial charge in [0.2, 0.25) is 0 Å². The number of benzene rings is 2. The summed E-state index contributed by atoms with van der Waals surface area (Å²) < 4.78 is 22.9. The van der Waals surface area contributed by atoms with Crippen LogP contribution in [0, 0.1) is 23.0 Å². The van der Waals surface area contributed by atoms with Gasteiger partial charge in [-0.3, -0.25) is 19.7 Å². The number of rotatable bonds is 10. The minimum Gasteiger partial charge on any atom is -0.457 e. The predicted octanol–water partition coefficient (Wildman–Crippen LogP) is 5.03. The zero-order valence-electron chi connectivity index (χ0n) is 18.9. The van der Waals surface area contributed by atoms with Crippen LogP contribution in [0.2, 0.25) is 0 Å². The fraction of sp³-hybridized carbons (Fsp3) is 0.333. The van der Waals surface area contributed by atoms with Crippen molar-refractivity contribution in [1.82, 2.24) is 0 Å². The lowest BCUT2D eigenvalue weighted by Gasteiger charge is -2.17. The third-order valence-corrected chi connectivity index (χ3v) is 7.21. The van der Waals surface area contributed by atoms with E-state index in [1.807, 2.05) is 25.1 Å². The van der Waals surface area contributed by atoms with Crippen molar-refractivity contribution in [2.24, 2.45) is 10.3 Å². The van der Waals surface area contributed by atoms with E-state index in [-0.39, 0.29) is 22.9 Å². The smallest absolute Gasteiger partial charge is 0.320 e. The molecule has 33 heavy (non-hydrogen) atoms. The van der Waals surface area contributed by atoms with Gasteiger partial charge in [0.1, 0.15) is 11.9 Å². The summed E-state index contributed by atoms with van der Waals surface area (Å²) in [6, 6.07) is 13.0. The molecule has 0 radical (unpaired) electrons. The number of amides is 1. The first-order valence-corrected chi connectivity index (χ1v) is 12.3. The van der Waals surface area contributed by atoms with Crippen LogP contribution in [0.25, 0.3) is 0 Å². The average Bonchev–Trinajstić information content (AvgIpc) is 2.73. The van der Waals surface area contributed by atoms with Crippen LogP contribution < -0.4 is 0 Å². The van der Waals surface area contributed by atoms with Crippen LogP contribution >= 0.6 is 0 Å². The Morgan fingerprint density at radius 3 is 2.48 bits per heavy atom. The number of hydrogen-bond donors (Lipinski definition) is 0. The van der Waals surface area contributed by atoms with Gasteiger partial charge < -0.3 is 4.74 Å². The summed E-state index contributed by atoms with van der Waals surface area (Å²) in [7, 11) is -3.34. The Balaban J connectivity index is 2.33. The van der Waals surface area contributed by atoms with Crippen molar-refractivity contribution in [3.63, 3.8) is 0 Å². The molecule has 8 nitrogen and oxygen atoms in total. The summed E-state index contributed by atoms with van der Waals surface area (Å²) in [5, 5.41) is 11.2. The number of allylic oxidation sites excluding steroid dienone is 1. The Morgan fingerprint density at radius 2 is 1.88 bits per heavy atom. The zero-order valence-corrected chi connectivity index (χ0v) is 19.7. The number of carbonyl (C=O) groups is 2. The maximum Gasteiger partial charge on any atom is 0.320 e. The summed E-state index contributed by atoms with van der Waals surface area (Å²) in [6.07, 6.45) is 1.61. The van der Waals surface area contributed by atoms with Crippen LogP contribution in [-0.4, -0.2) is 32.5 Å². The van der Waals surface area contributed by atoms with Crippen LogP contribution in [0.4, 0.5) is 5.69 Å². The highest BCUT2D eigenvalue weighted by Gasteiger charge is 2.24. The number of nitro benzene ring substituents is 1. The average molecular weight is 473 g/mol. The van der Waals surface area contributed by atoms with E-state index in [0.29, 0.717) is 12.0 Å². The molecule has 0 aliphatic rings. The van der Waals surface area contributed by atoms with E-state index in [0.717, 1.165) is 11.6 Å². The van der Waals surface area contributed by atoms with E-state index in [1.165, 1.54) is 12.1 Å². The lowest BCUT2D eigenvalue weighted by molar-refractivity contribution is -0.385. The van der Waals surface area contributed by atoms with E-state index >= 15 is 0 Å². The first kappa shape index (κ1) is 25.9. The number of carbonyl (C=O) groups excluding carboxylic acids is 2. The van der Waals surface area contributed by atoms with Gasteiger partial charge in [0.05, 0.1) is 14.7 Å². The van der Waals surface area contributed by atoms with Gasteiger partial charge in [-0.1, -0.05) is 49.4 Å². The molecule has 0 unspecified atom stereocenters.